The third-order valence-corrected chi connectivity index (χ3v) is 8.19. The lowest BCUT2D eigenvalue weighted by Gasteiger charge is -2.31. The van der Waals surface area contributed by atoms with Gasteiger partial charge in [-0.1, -0.05) is 39.2 Å². The lowest BCUT2D eigenvalue weighted by molar-refractivity contribution is -0.171. The molecule has 2 aromatic carbocycles. The summed E-state index contributed by atoms with van der Waals surface area (Å²) in [6.07, 6.45) is 2.45. The molecule has 3 aromatic rings. The van der Waals surface area contributed by atoms with Gasteiger partial charge in [-0.15, -0.1) is 0 Å². The van der Waals surface area contributed by atoms with Gasteiger partial charge in [0.15, 0.2) is 5.76 Å². The number of carbonyl (C=O) groups is 7. The van der Waals surface area contributed by atoms with E-state index in [2.05, 4.69) is 16.0 Å². The van der Waals surface area contributed by atoms with Crippen molar-refractivity contribution in [3.8, 4) is 22.8 Å². The van der Waals surface area contributed by atoms with E-state index >= 15 is 0 Å². The van der Waals surface area contributed by atoms with Crippen LogP contribution in [0, 0.1) is 5.92 Å². The van der Waals surface area contributed by atoms with Crippen molar-refractivity contribution < 1.29 is 62.9 Å². The Labute approximate surface area is 310 Å². The molecule has 0 spiro atoms. The van der Waals surface area contributed by atoms with E-state index in [1.54, 1.807) is 13.8 Å². The molecule has 0 aliphatic carbocycles. The van der Waals surface area contributed by atoms with Crippen molar-refractivity contribution in [2.45, 2.75) is 71.4 Å². The maximum Gasteiger partial charge on any atom is 0.363 e. The fourth-order valence-electron chi connectivity index (χ4n) is 5.46. The number of aliphatic carboxylic acids is 2. The second-order valence-electron chi connectivity index (χ2n) is 12.0. The Balaban J connectivity index is 1.69. The maximum absolute atomic E-state index is 13.5. The molecule has 3 rings (SSSR count). The Morgan fingerprint density at radius 2 is 1.63 bits per heavy atom. The summed E-state index contributed by atoms with van der Waals surface area (Å²) in [5, 5.41) is 36.0. The lowest BCUT2D eigenvalue weighted by Crippen LogP contribution is -2.49. The second kappa shape index (κ2) is 20.6. The van der Waals surface area contributed by atoms with Crippen molar-refractivity contribution in [2.24, 2.45) is 5.92 Å². The van der Waals surface area contributed by atoms with Crippen LogP contribution >= 0.6 is 0 Å². The summed E-state index contributed by atoms with van der Waals surface area (Å²) in [7, 11) is 0. The Morgan fingerprint density at radius 1 is 0.907 bits per heavy atom. The monoisotopic (exact) mass is 752 g/mol. The number of aromatic hydroxyl groups is 1. The molecule has 3 atom stereocenters. The van der Waals surface area contributed by atoms with Gasteiger partial charge in [-0.05, 0) is 68.3 Å². The standard InChI is InChI=1S/C37H44N4O13/c1-4-7-8-9-25(28(5-2)41(21-42)54-37(51)22-10-13-24(43)14-11-22)33(46)38-20-39-35(48)30-17-16-29(53-30)23-12-15-26(31(18-23)52-6-3)34(47)40-27(36(49)50)19-32(44)45/h10-18,21,25,27-28,43H,4-9,19-20H2,1-3H3,(H,38,46)(H,39,48)(H,40,47)(H,44,45)(H,49,50)/t25?,27?,28-/m1/s1. The SMILES string of the molecule is CCCCCC(C(=O)NCNC(=O)c1ccc(-c2ccc(C(=O)NC(CC(=O)O)C(=O)O)c(OCC)c2)o1)[C@@H](CC)N(C=O)OC(=O)c1ccc(O)cc1. The molecule has 54 heavy (non-hydrogen) atoms. The molecule has 4 amide bonds. The Kier molecular flexibility index (Phi) is 16.0. The van der Waals surface area contributed by atoms with E-state index in [-0.39, 0.29) is 53.8 Å². The molecule has 1 aromatic heterocycles. The van der Waals surface area contributed by atoms with Gasteiger partial charge in [0.05, 0.1) is 42.8 Å². The summed E-state index contributed by atoms with van der Waals surface area (Å²) >= 11 is 0. The molecule has 0 fully saturated rings. The zero-order valence-corrected chi connectivity index (χ0v) is 30.0. The fraction of sp³-hybridized carbons (Fsp3) is 0.378. The first-order chi connectivity index (χ1) is 25.8. The average molecular weight is 753 g/mol. The van der Waals surface area contributed by atoms with E-state index in [1.807, 2.05) is 6.92 Å². The summed E-state index contributed by atoms with van der Waals surface area (Å²) in [6.45, 7) is 5.23. The predicted molar refractivity (Wildman–Crippen MR) is 190 cm³/mol. The highest BCUT2D eigenvalue weighted by molar-refractivity contribution is 6.00. The van der Waals surface area contributed by atoms with E-state index in [4.69, 9.17) is 19.1 Å². The first-order valence-electron chi connectivity index (χ1n) is 17.3. The Bertz CT molecular complexity index is 1790. The van der Waals surface area contributed by atoms with Crippen molar-refractivity contribution in [3.05, 3.63) is 71.5 Å². The molecule has 1 heterocycles. The van der Waals surface area contributed by atoms with Crippen LogP contribution in [0.3, 0.4) is 0 Å². The molecule has 0 bridgehead atoms. The number of phenolic OH excluding ortho intramolecular Hbond substituents is 1. The third kappa shape index (κ3) is 11.8. The van der Waals surface area contributed by atoms with Gasteiger partial charge in [0.2, 0.25) is 12.3 Å². The van der Waals surface area contributed by atoms with Crippen LogP contribution in [0.1, 0.15) is 90.6 Å². The number of hydrogen-bond acceptors (Lipinski definition) is 11. The summed E-state index contributed by atoms with van der Waals surface area (Å²) in [4.78, 5) is 91.9. The topological polar surface area (TPSA) is 251 Å². The zero-order valence-electron chi connectivity index (χ0n) is 30.0. The van der Waals surface area contributed by atoms with Crippen LogP contribution < -0.4 is 20.7 Å². The number of unbranched alkanes of at least 4 members (excludes halogenated alkanes) is 2. The first-order valence-corrected chi connectivity index (χ1v) is 17.3. The van der Waals surface area contributed by atoms with E-state index in [0.717, 1.165) is 17.9 Å². The number of furan rings is 1. The van der Waals surface area contributed by atoms with Crippen LogP contribution in [-0.2, 0) is 24.0 Å². The molecule has 0 aliphatic heterocycles. The molecule has 17 heteroatoms. The van der Waals surface area contributed by atoms with Crippen molar-refractivity contribution >= 4 is 42.0 Å². The van der Waals surface area contributed by atoms with Crippen LogP contribution in [0.4, 0.5) is 0 Å². The molecule has 0 radical (unpaired) electrons. The highest BCUT2D eigenvalue weighted by Crippen LogP contribution is 2.29. The number of rotatable bonds is 22. The molecule has 6 N–H and O–H groups in total. The van der Waals surface area contributed by atoms with Crippen LogP contribution in [0.5, 0.6) is 11.5 Å². The van der Waals surface area contributed by atoms with Gasteiger partial charge >= 0.3 is 17.9 Å². The molecule has 0 aliphatic rings. The van der Waals surface area contributed by atoms with Crippen molar-refractivity contribution in [2.75, 3.05) is 13.3 Å². The van der Waals surface area contributed by atoms with Crippen molar-refractivity contribution in [1.82, 2.24) is 21.0 Å². The third-order valence-electron chi connectivity index (χ3n) is 8.19. The average Bonchev–Trinajstić information content (AvgIpc) is 3.64. The Morgan fingerprint density at radius 3 is 2.24 bits per heavy atom. The molecule has 0 saturated heterocycles. The van der Waals surface area contributed by atoms with Gasteiger partial charge in [0, 0.05) is 5.56 Å². The normalized spacial score (nSPS) is 12.4. The molecule has 0 saturated carbocycles. The highest BCUT2D eigenvalue weighted by atomic mass is 16.7. The van der Waals surface area contributed by atoms with Crippen molar-refractivity contribution in [3.63, 3.8) is 0 Å². The number of benzene rings is 2. The minimum absolute atomic E-state index is 0.0532. The number of carboxylic acids is 2. The van der Waals surface area contributed by atoms with Crippen LogP contribution in [0.15, 0.2) is 59.0 Å². The maximum atomic E-state index is 13.5. The first kappa shape index (κ1) is 42.0. The summed E-state index contributed by atoms with van der Waals surface area (Å²) < 4.78 is 11.3. The molecule has 17 nitrogen and oxygen atoms in total. The number of ether oxygens (including phenoxy) is 1. The number of phenols is 1. The van der Waals surface area contributed by atoms with Crippen LogP contribution in [0.2, 0.25) is 0 Å². The minimum atomic E-state index is -1.67. The fourth-order valence-corrected chi connectivity index (χ4v) is 5.46. The smallest absolute Gasteiger partial charge is 0.363 e. The number of nitrogens with zero attached hydrogens (tertiary/aromatic N) is 1. The Hall–Kier alpha value is -6.39. The van der Waals surface area contributed by atoms with Crippen molar-refractivity contribution in [1.29, 1.82) is 0 Å². The molecule has 2 unspecified atom stereocenters. The number of nitrogens with one attached hydrogen (secondary N) is 3. The largest absolute Gasteiger partial charge is 0.508 e. The number of amides is 4. The van der Waals surface area contributed by atoms with Gasteiger partial charge in [0.1, 0.15) is 23.3 Å². The van der Waals surface area contributed by atoms with Gasteiger partial charge in [-0.25, -0.2) is 9.59 Å². The predicted octanol–water partition coefficient (Wildman–Crippen LogP) is 3.72. The van der Waals surface area contributed by atoms with Crippen LogP contribution in [-0.4, -0.2) is 87.8 Å². The van der Waals surface area contributed by atoms with E-state index in [0.29, 0.717) is 24.8 Å². The molecular weight excluding hydrogens is 708 g/mol. The minimum Gasteiger partial charge on any atom is -0.508 e. The molecule has 290 valence electrons. The second-order valence-corrected chi connectivity index (χ2v) is 12.0. The quantitative estimate of drug-likeness (QED) is 0.0371. The van der Waals surface area contributed by atoms with Gasteiger partial charge in [-0.3, -0.25) is 24.0 Å². The number of hydroxylamine groups is 2. The number of hydrogen-bond donors (Lipinski definition) is 6. The summed E-state index contributed by atoms with van der Waals surface area (Å²) in [5.74, 6) is -6.52. The van der Waals surface area contributed by atoms with Gasteiger partial charge in [-0.2, -0.15) is 5.06 Å². The van der Waals surface area contributed by atoms with E-state index < -0.39 is 60.1 Å². The van der Waals surface area contributed by atoms with E-state index in [1.165, 1.54) is 54.6 Å². The molecular formula is C37H44N4O13. The van der Waals surface area contributed by atoms with E-state index in [9.17, 15) is 43.8 Å². The summed E-state index contributed by atoms with van der Waals surface area (Å²) in [5.41, 5.74) is 0.432. The van der Waals surface area contributed by atoms with Crippen LogP contribution in [0.25, 0.3) is 11.3 Å². The zero-order chi connectivity index (χ0) is 39.8. The van der Waals surface area contributed by atoms with Gasteiger partial charge in [0.25, 0.3) is 11.8 Å². The lowest BCUT2D eigenvalue weighted by atomic mass is 9.90. The highest BCUT2D eigenvalue weighted by Gasteiger charge is 2.34. The number of carboxylic acid groups (broad SMARTS) is 2. The number of carbonyl (C=O) groups excluding carboxylic acids is 5. The summed E-state index contributed by atoms with van der Waals surface area (Å²) in [6, 6.07) is 9.90. The van der Waals surface area contributed by atoms with Gasteiger partial charge < -0.3 is 45.3 Å².